The molecule has 3 rings (SSSR count). The predicted octanol–water partition coefficient (Wildman–Crippen LogP) is 2.68. The van der Waals surface area contributed by atoms with Gasteiger partial charge in [0.15, 0.2) is 0 Å². The first-order valence-corrected chi connectivity index (χ1v) is 8.11. The minimum atomic E-state index is -0.150. The molecule has 6 nitrogen and oxygen atoms in total. The molecule has 6 heteroatoms. The summed E-state index contributed by atoms with van der Waals surface area (Å²) in [5, 5.41) is 2.88. The van der Waals surface area contributed by atoms with Gasteiger partial charge in [0, 0.05) is 31.1 Å². The van der Waals surface area contributed by atoms with E-state index >= 15 is 0 Å². The second-order valence-corrected chi connectivity index (χ2v) is 5.84. The maximum atomic E-state index is 12.2. The van der Waals surface area contributed by atoms with E-state index in [0.29, 0.717) is 24.5 Å². The van der Waals surface area contributed by atoms with Crippen molar-refractivity contribution in [3.8, 4) is 5.75 Å². The molecular formula is C19H21N3O3. The van der Waals surface area contributed by atoms with Crippen molar-refractivity contribution in [2.45, 2.75) is 19.6 Å². The average Bonchev–Trinajstić information content (AvgIpc) is 3.03. The molecule has 2 heterocycles. The predicted molar refractivity (Wildman–Crippen MR) is 94.8 cm³/mol. The summed E-state index contributed by atoms with van der Waals surface area (Å²) in [5.41, 5.74) is 2.26. The van der Waals surface area contributed by atoms with E-state index in [1.165, 1.54) is 0 Å². The van der Waals surface area contributed by atoms with Crippen LogP contribution in [0.5, 0.6) is 5.75 Å². The Kier molecular flexibility index (Phi) is 5.30. The number of methoxy groups -OCH3 is 1. The highest BCUT2D eigenvalue weighted by Crippen LogP contribution is 2.15. The van der Waals surface area contributed by atoms with Crippen LogP contribution in [0.2, 0.25) is 0 Å². The van der Waals surface area contributed by atoms with Crippen molar-refractivity contribution >= 4 is 11.6 Å². The summed E-state index contributed by atoms with van der Waals surface area (Å²) in [6.07, 6.45) is 3.87. The molecule has 0 saturated carbocycles. The van der Waals surface area contributed by atoms with Gasteiger partial charge in [0.2, 0.25) is 0 Å². The first-order chi connectivity index (χ1) is 12.2. The Hall–Kier alpha value is -2.86. The maximum absolute atomic E-state index is 12.2. The molecule has 0 radical (unpaired) electrons. The van der Waals surface area contributed by atoms with Gasteiger partial charge < -0.3 is 19.2 Å². The number of carbonyl (C=O) groups excluding carboxylic acids is 1. The monoisotopic (exact) mass is 339 g/mol. The first kappa shape index (κ1) is 17.0. The average molecular weight is 339 g/mol. The van der Waals surface area contributed by atoms with Crippen molar-refractivity contribution in [1.29, 1.82) is 0 Å². The van der Waals surface area contributed by atoms with E-state index in [2.05, 4.69) is 10.3 Å². The van der Waals surface area contributed by atoms with Crippen LogP contribution < -0.4 is 10.1 Å². The smallest absolute Gasteiger partial charge is 0.251 e. The number of rotatable bonds is 7. The lowest BCUT2D eigenvalue weighted by Crippen LogP contribution is -2.35. The van der Waals surface area contributed by atoms with Gasteiger partial charge in [0.25, 0.3) is 5.91 Å². The highest BCUT2D eigenvalue weighted by atomic mass is 16.5. The second kappa shape index (κ2) is 7.81. The van der Waals surface area contributed by atoms with E-state index in [9.17, 15) is 4.79 Å². The molecule has 1 aromatic carbocycles. The molecule has 1 amide bonds. The van der Waals surface area contributed by atoms with Crippen molar-refractivity contribution in [1.82, 2.24) is 14.7 Å². The standard InChI is InChI=1S/C19H21N3O3/c1-14(12-24-2)20-19(23)15-6-5-7-17(10-15)25-13-16-11-22-9-4-3-8-18(22)21-16/h3-11,14H,12-13H2,1-2H3,(H,20,23)/t14-/m1/s1. The lowest BCUT2D eigenvalue weighted by Gasteiger charge is -2.13. The summed E-state index contributed by atoms with van der Waals surface area (Å²) in [4.78, 5) is 16.7. The van der Waals surface area contributed by atoms with Crippen LogP contribution in [0.25, 0.3) is 5.65 Å². The molecule has 0 bridgehead atoms. The Morgan fingerprint density at radius 2 is 2.16 bits per heavy atom. The SMILES string of the molecule is COC[C@@H](C)NC(=O)c1cccc(OCc2cn3ccccc3n2)c1. The molecular weight excluding hydrogens is 318 g/mol. The zero-order valence-corrected chi connectivity index (χ0v) is 14.3. The van der Waals surface area contributed by atoms with Crippen molar-refractivity contribution in [3.63, 3.8) is 0 Å². The molecule has 1 N–H and O–H groups in total. The fourth-order valence-electron chi connectivity index (χ4n) is 2.54. The summed E-state index contributed by atoms with van der Waals surface area (Å²) < 4.78 is 12.8. The zero-order valence-electron chi connectivity index (χ0n) is 14.3. The van der Waals surface area contributed by atoms with Gasteiger partial charge in [-0.2, -0.15) is 0 Å². The Balaban J connectivity index is 1.64. The minimum Gasteiger partial charge on any atom is -0.487 e. The number of hydrogen-bond donors (Lipinski definition) is 1. The van der Waals surface area contributed by atoms with E-state index in [0.717, 1.165) is 11.3 Å². The van der Waals surface area contributed by atoms with E-state index in [1.807, 2.05) is 48.0 Å². The first-order valence-electron chi connectivity index (χ1n) is 8.11. The Morgan fingerprint density at radius 1 is 1.28 bits per heavy atom. The number of hydrogen-bond acceptors (Lipinski definition) is 4. The van der Waals surface area contributed by atoms with Crippen LogP contribution in [0, 0.1) is 0 Å². The van der Waals surface area contributed by atoms with Gasteiger partial charge in [0.05, 0.1) is 12.3 Å². The lowest BCUT2D eigenvalue weighted by molar-refractivity contribution is 0.0905. The number of nitrogens with one attached hydrogen (secondary N) is 1. The molecule has 0 fully saturated rings. The summed E-state index contributed by atoms with van der Waals surface area (Å²) in [5.74, 6) is 0.479. The fraction of sp³-hybridized carbons (Fsp3) is 0.263. The van der Waals surface area contributed by atoms with Crippen LogP contribution in [0.4, 0.5) is 0 Å². The van der Waals surface area contributed by atoms with Crippen LogP contribution >= 0.6 is 0 Å². The number of ether oxygens (including phenoxy) is 2. The van der Waals surface area contributed by atoms with Gasteiger partial charge in [-0.3, -0.25) is 4.79 Å². The maximum Gasteiger partial charge on any atom is 0.251 e. The molecule has 0 saturated heterocycles. The molecule has 3 aromatic rings. The number of nitrogens with zero attached hydrogens (tertiary/aromatic N) is 2. The number of imidazole rings is 1. The molecule has 0 unspecified atom stereocenters. The molecule has 0 aliphatic rings. The molecule has 1 atom stereocenters. The van der Waals surface area contributed by atoms with Gasteiger partial charge in [0.1, 0.15) is 18.0 Å². The summed E-state index contributed by atoms with van der Waals surface area (Å²) in [6.45, 7) is 2.70. The number of amides is 1. The quantitative estimate of drug-likeness (QED) is 0.719. The largest absolute Gasteiger partial charge is 0.487 e. The zero-order chi connectivity index (χ0) is 17.6. The highest BCUT2D eigenvalue weighted by Gasteiger charge is 2.10. The normalized spacial score (nSPS) is 12.1. The Morgan fingerprint density at radius 3 is 2.96 bits per heavy atom. The molecule has 0 spiro atoms. The van der Waals surface area contributed by atoms with Crippen LogP contribution in [-0.2, 0) is 11.3 Å². The lowest BCUT2D eigenvalue weighted by atomic mass is 10.2. The van der Waals surface area contributed by atoms with E-state index in [-0.39, 0.29) is 11.9 Å². The Labute approximate surface area is 146 Å². The van der Waals surface area contributed by atoms with Crippen molar-refractivity contribution in [3.05, 3.63) is 66.1 Å². The fourth-order valence-corrected chi connectivity index (χ4v) is 2.54. The molecule has 0 aliphatic carbocycles. The number of pyridine rings is 1. The molecule has 2 aromatic heterocycles. The van der Waals surface area contributed by atoms with Crippen LogP contribution in [0.3, 0.4) is 0 Å². The third-order valence-electron chi connectivity index (χ3n) is 3.69. The van der Waals surface area contributed by atoms with Gasteiger partial charge >= 0.3 is 0 Å². The number of benzene rings is 1. The van der Waals surface area contributed by atoms with Crippen LogP contribution in [0.1, 0.15) is 23.0 Å². The van der Waals surface area contributed by atoms with Crippen LogP contribution in [0.15, 0.2) is 54.9 Å². The van der Waals surface area contributed by atoms with Gasteiger partial charge in [-0.25, -0.2) is 4.98 Å². The molecule has 0 aliphatic heterocycles. The van der Waals surface area contributed by atoms with Crippen molar-refractivity contribution in [2.24, 2.45) is 0 Å². The topological polar surface area (TPSA) is 64.9 Å². The number of fused-ring (bicyclic) bond motifs is 1. The van der Waals surface area contributed by atoms with E-state index in [1.54, 1.807) is 25.3 Å². The second-order valence-electron chi connectivity index (χ2n) is 5.84. The third-order valence-corrected chi connectivity index (χ3v) is 3.69. The number of carbonyl (C=O) groups is 1. The minimum absolute atomic E-state index is 0.0555. The summed E-state index contributed by atoms with van der Waals surface area (Å²) in [6, 6.07) is 12.9. The van der Waals surface area contributed by atoms with Crippen LogP contribution in [-0.4, -0.2) is 35.1 Å². The highest BCUT2D eigenvalue weighted by molar-refractivity contribution is 5.94. The van der Waals surface area contributed by atoms with Crippen molar-refractivity contribution < 1.29 is 14.3 Å². The van der Waals surface area contributed by atoms with E-state index < -0.39 is 0 Å². The van der Waals surface area contributed by atoms with Gasteiger partial charge in [-0.05, 0) is 37.3 Å². The summed E-state index contributed by atoms with van der Waals surface area (Å²) >= 11 is 0. The third kappa shape index (κ3) is 4.36. The van der Waals surface area contributed by atoms with Gasteiger partial charge in [-0.15, -0.1) is 0 Å². The van der Waals surface area contributed by atoms with Crippen molar-refractivity contribution in [2.75, 3.05) is 13.7 Å². The number of aromatic nitrogens is 2. The molecule has 25 heavy (non-hydrogen) atoms. The Bertz CT molecular complexity index is 827. The molecule has 130 valence electrons. The van der Waals surface area contributed by atoms with Gasteiger partial charge in [-0.1, -0.05) is 12.1 Å². The summed E-state index contributed by atoms with van der Waals surface area (Å²) in [7, 11) is 1.61. The van der Waals surface area contributed by atoms with E-state index in [4.69, 9.17) is 9.47 Å².